The summed E-state index contributed by atoms with van der Waals surface area (Å²) in [7, 11) is 1.65. The van der Waals surface area contributed by atoms with Crippen LogP contribution in [0.25, 0.3) is 6.08 Å². The Morgan fingerprint density at radius 2 is 1.81 bits per heavy atom. The van der Waals surface area contributed by atoms with Crippen LogP contribution in [0.1, 0.15) is 22.3 Å². The average Bonchev–Trinajstić information content (AvgIpc) is 2.51. The molecule has 0 bridgehead atoms. The maximum atomic E-state index is 6.64. The van der Waals surface area contributed by atoms with Crippen LogP contribution in [0, 0.1) is 6.92 Å². The summed E-state index contributed by atoms with van der Waals surface area (Å²) in [5.41, 5.74) is 16.8. The van der Waals surface area contributed by atoms with Gasteiger partial charge in [0, 0.05) is 16.8 Å². The third-order valence-electron chi connectivity index (χ3n) is 4.04. The van der Waals surface area contributed by atoms with Crippen LogP contribution in [-0.2, 0) is 5.66 Å². The lowest BCUT2D eigenvalue weighted by atomic mass is 9.85. The van der Waals surface area contributed by atoms with Gasteiger partial charge < -0.3 is 21.5 Å². The van der Waals surface area contributed by atoms with Crippen LogP contribution in [0.5, 0.6) is 5.75 Å². The smallest absolute Gasteiger partial charge is 0.139 e. The van der Waals surface area contributed by atoms with Crippen molar-refractivity contribution in [3.05, 3.63) is 64.9 Å². The van der Waals surface area contributed by atoms with E-state index in [1.165, 1.54) is 0 Å². The predicted molar refractivity (Wildman–Crippen MR) is 85.7 cm³/mol. The summed E-state index contributed by atoms with van der Waals surface area (Å²) in [4.78, 5) is 0. The molecule has 4 nitrogen and oxygen atoms in total. The molecule has 1 aliphatic heterocycles. The van der Waals surface area contributed by atoms with Crippen LogP contribution < -0.4 is 21.5 Å². The molecule has 0 amide bonds. The van der Waals surface area contributed by atoms with Crippen molar-refractivity contribution in [1.82, 2.24) is 5.32 Å². The number of nitrogens with two attached hydrogens (primary N) is 2. The zero-order valence-corrected chi connectivity index (χ0v) is 12.2. The highest BCUT2D eigenvalue weighted by Gasteiger charge is 2.33. The van der Waals surface area contributed by atoms with Crippen molar-refractivity contribution < 1.29 is 4.74 Å². The number of nitrogen functional groups attached to an aromatic ring is 1. The molecular formula is C17H19N3O. The molecule has 0 fully saturated rings. The Hall–Kier alpha value is -2.46. The van der Waals surface area contributed by atoms with Crippen LogP contribution in [-0.4, -0.2) is 7.11 Å². The van der Waals surface area contributed by atoms with Crippen LogP contribution in [0.2, 0.25) is 0 Å². The molecule has 5 N–H and O–H groups in total. The molecule has 0 aliphatic carbocycles. The summed E-state index contributed by atoms with van der Waals surface area (Å²) in [5, 5.41) is 3.25. The van der Waals surface area contributed by atoms with Crippen molar-refractivity contribution in [2.24, 2.45) is 5.73 Å². The highest BCUT2D eigenvalue weighted by Crippen LogP contribution is 2.35. The Morgan fingerprint density at radius 1 is 1.10 bits per heavy atom. The van der Waals surface area contributed by atoms with E-state index < -0.39 is 5.66 Å². The van der Waals surface area contributed by atoms with E-state index in [-0.39, 0.29) is 0 Å². The highest BCUT2D eigenvalue weighted by molar-refractivity contribution is 5.74. The molecule has 0 saturated heterocycles. The minimum Gasteiger partial charge on any atom is -0.497 e. The van der Waals surface area contributed by atoms with Crippen molar-refractivity contribution in [3.8, 4) is 5.75 Å². The third kappa shape index (κ3) is 2.04. The molecule has 0 radical (unpaired) electrons. The van der Waals surface area contributed by atoms with Crippen molar-refractivity contribution in [3.63, 3.8) is 0 Å². The molecule has 0 spiro atoms. The summed E-state index contributed by atoms with van der Waals surface area (Å²) in [5.74, 6) is 0.803. The molecule has 2 aromatic carbocycles. The summed E-state index contributed by atoms with van der Waals surface area (Å²) in [6.45, 7) is 2.00. The first kappa shape index (κ1) is 13.5. The lowest BCUT2D eigenvalue weighted by Crippen LogP contribution is -2.50. The van der Waals surface area contributed by atoms with E-state index in [0.717, 1.165) is 33.7 Å². The van der Waals surface area contributed by atoms with Gasteiger partial charge in [-0.2, -0.15) is 0 Å². The van der Waals surface area contributed by atoms with Gasteiger partial charge in [0.1, 0.15) is 11.4 Å². The molecule has 1 atom stereocenters. The zero-order chi connectivity index (χ0) is 15.0. The van der Waals surface area contributed by atoms with E-state index in [0.29, 0.717) is 0 Å². The van der Waals surface area contributed by atoms with E-state index >= 15 is 0 Å². The predicted octanol–water partition coefficient (Wildman–Crippen LogP) is 2.32. The van der Waals surface area contributed by atoms with E-state index in [1.807, 2.05) is 55.6 Å². The van der Waals surface area contributed by atoms with Gasteiger partial charge in [-0.25, -0.2) is 0 Å². The monoisotopic (exact) mass is 281 g/mol. The summed E-state index contributed by atoms with van der Waals surface area (Å²) >= 11 is 0. The quantitative estimate of drug-likeness (QED) is 0.739. The van der Waals surface area contributed by atoms with Crippen molar-refractivity contribution in [2.45, 2.75) is 12.6 Å². The maximum Gasteiger partial charge on any atom is 0.139 e. The number of nitrogens with one attached hydrogen (secondary N) is 1. The van der Waals surface area contributed by atoms with Gasteiger partial charge in [0.25, 0.3) is 0 Å². The molecule has 4 heteroatoms. The van der Waals surface area contributed by atoms with Gasteiger partial charge >= 0.3 is 0 Å². The van der Waals surface area contributed by atoms with E-state index in [4.69, 9.17) is 16.2 Å². The Kier molecular flexibility index (Phi) is 3.11. The molecule has 21 heavy (non-hydrogen) atoms. The Bertz CT molecular complexity index is 707. The number of hydrogen-bond acceptors (Lipinski definition) is 4. The largest absolute Gasteiger partial charge is 0.497 e. The molecule has 2 aromatic rings. The molecule has 1 unspecified atom stereocenters. The van der Waals surface area contributed by atoms with E-state index in [1.54, 1.807) is 7.11 Å². The second kappa shape index (κ2) is 4.82. The SMILES string of the molecule is COc1ccc(C2(N)NC=Cc3c2ccc(C)c3N)cc1. The van der Waals surface area contributed by atoms with Gasteiger partial charge in [0.2, 0.25) is 0 Å². The number of hydrogen-bond donors (Lipinski definition) is 3. The molecular weight excluding hydrogens is 262 g/mol. The van der Waals surface area contributed by atoms with Crippen LogP contribution in [0.3, 0.4) is 0 Å². The van der Waals surface area contributed by atoms with Crippen molar-refractivity contribution in [1.29, 1.82) is 0 Å². The average molecular weight is 281 g/mol. The second-order valence-electron chi connectivity index (χ2n) is 5.27. The summed E-state index contributed by atoms with van der Waals surface area (Å²) < 4.78 is 5.20. The highest BCUT2D eigenvalue weighted by atomic mass is 16.5. The summed E-state index contributed by atoms with van der Waals surface area (Å²) in [6.07, 6.45) is 3.81. The van der Waals surface area contributed by atoms with Crippen LogP contribution in [0.15, 0.2) is 42.6 Å². The fourth-order valence-electron chi connectivity index (χ4n) is 2.70. The maximum absolute atomic E-state index is 6.64. The Labute approximate surface area is 124 Å². The normalized spacial score (nSPS) is 19.8. The van der Waals surface area contributed by atoms with Gasteiger partial charge in [0.05, 0.1) is 7.11 Å². The molecule has 108 valence electrons. The molecule has 3 rings (SSSR count). The minimum absolute atomic E-state index is 0.772. The fraction of sp³-hybridized carbons (Fsp3) is 0.176. The number of benzene rings is 2. The standard InChI is InChI=1S/C17H19N3O/c1-11-3-8-15-14(16(11)18)9-10-20-17(15,19)12-4-6-13(21-2)7-5-12/h3-10,20H,18-19H2,1-2H3. The van der Waals surface area contributed by atoms with Gasteiger partial charge in [-0.15, -0.1) is 0 Å². The van der Waals surface area contributed by atoms with Crippen molar-refractivity contribution in [2.75, 3.05) is 12.8 Å². The van der Waals surface area contributed by atoms with Gasteiger partial charge in [-0.3, -0.25) is 0 Å². The van der Waals surface area contributed by atoms with Gasteiger partial charge in [0.15, 0.2) is 0 Å². The molecule has 0 aromatic heterocycles. The third-order valence-corrected chi connectivity index (χ3v) is 4.04. The van der Waals surface area contributed by atoms with E-state index in [9.17, 15) is 0 Å². The Morgan fingerprint density at radius 3 is 2.48 bits per heavy atom. The zero-order valence-electron chi connectivity index (χ0n) is 12.2. The van der Waals surface area contributed by atoms with Gasteiger partial charge in [-0.1, -0.05) is 24.3 Å². The topological polar surface area (TPSA) is 73.3 Å². The lowest BCUT2D eigenvalue weighted by Gasteiger charge is -2.35. The summed E-state index contributed by atoms with van der Waals surface area (Å²) in [6, 6.07) is 11.8. The second-order valence-corrected chi connectivity index (χ2v) is 5.27. The minimum atomic E-state index is -0.793. The van der Waals surface area contributed by atoms with E-state index in [2.05, 4.69) is 5.32 Å². The first-order chi connectivity index (χ1) is 10.1. The number of ether oxygens (including phenoxy) is 1. The van der Waals surface area contributed by atoms with Crippen LogP contribution >= 0.6 is 0 Å². The molecule has 1 heterocycles. The van der Waals surface area contributed by atoms with Gasteiger partial charge in [-0.05, 0) is 42.5 Å². The lowest BCUT2D eigenvalue weighted by molar-refractivity contribution is 0.413. The number of aryl methyl sites for hydroxylation is 1. The number of anilines is 1. The number of rotatable bonds is 2. The first-order valence-corrected chi connectivity index (χ1v) is 6.83. The first-order valence-electron chi connectivity index (χ1n) is 6.83. The van der Waals surface area contributed by atoms with Crippen LogP contribution in [0.4, 0.5) is 5.69 Å². The number of methoxy groups -OCH3 is 1. The molecule has 1 aliphatic rings. The number of fused-ring (bicyclic) bond motifs is 1. The molecule has 0 saturated carbocycles. The fourth-order valence-corrected chi connectivity index (χ4v) is 2.70. The van der Waals surface area contributed by atoms with Crippen molar-refractivity contribution >= 4 is 11.8 Å². The Balaban J connectivity index is 2.15.